The molecule has 0 unspecified atom stereocenters. The largest absolute Gasteiger partial charge is 0.486 e. The van der Waals surface area contributed by atoms with Crippen molar-refractivity contribution in [3.8, 4) is 5.75 Å². The second-order valence-corrected chi connectivity index (χ2v) is 6.60. The fourth-order valence-corrected chi connectivity index (χ4v) is 2.23. The van der Waals surface area contributed by atoms with Gasteiger partial charge in [-0.05, 0) is 12.1 Å². The Kier molecular flexibility index (Phi) is 5.16. The molecular formula is C12H15ClN4O3S. The number of nitrogens with zero attached hydrogens (tertiary/aromatic N) is 3. The van der Waals surface area contributed by atoms with Gasteiger partial charge in [0, 0.05) is 6.54 Å². The number of hydrogen-bond acceptors (Lipinski definition) is 5. The van der Waals surface area contributed by atoms with Crippen LogP contribution in [-0.4, -0.2) is 36.2 Å². The molecule has 0 saturated carbocycles. The highest BCUT2D eigenvalue weighted by atomic mass is 35.5. The highest BCUT2D eigenvalue weighted by Crippen LogP contribution is 2.23. The lowest BCUT2D eigenvalue weighted by Gasteiger charge is -2.05. The van der Waals surface area contributed by atoms with Crippen molar-refractivity contribution in [1.82, 2.24) is 19.7 Å². The van der Waals surface area contributed by atoms with Crippen molar-refractivity contribution in [3.05, 3.63) is 41.2 Å². The molecule has 0 amide bonds. The minimum atomic E-state index is -3.19. The normalized spacial score (nSPS) is 11.5. The average Bonchev–Trinajstić information content (AvgIpc) is 2.84. The Bertz CT molecular complexity index is 702. The first-order valence-corrected chi connectivity index (χ1v) is 8.42. The first-order valence-electron chi connectivity index (χ1n) is 6.15. The molecule has 1 aromatic carbocycles. The van der Waals surface area contributed by atoms with Gasteiger partial charge in [-0.25, -0.2) is 13.1 Å². The number of nitrogens with one attached hydrogen (secondary N) is 1. The van der Waals surface area contributed by atoms with Crippen LogP contribution in [0.2, 0.25) is 5.02 Å². The Morgan fingerprint density at radius 3 is 2.86 bits per heavy atom. The Labute approximate surface area is 127 Å². The second kappa shape index (κ2) is 6.88. The molecule has 1 heterocycles. The van der Waals surface area contributed by atoms with Gasteiger partial charge in [0.15, 0.2) is 0 Å². The van der Waals surface area contributed by atoms with Crippen molar-refractivity contribution >= 4 is 21.6 Å². The van der Waals surface area contributed by atoms with E-state index in [0.29, 0.717) is 23.0 Å². The molecule has 0 aliphatic rings. The minimum Gasteiger partial charge on any atom is -0.486 e. The van der Waals surface area contributed by atoms with Gasteiger partial charge in [-0.2, -0.15) is 0 Å². The van der Waals surface area contributed by atoms with Gasteiger partial charge in [0.1, 0.15) is 18.1 Å². The third-order valence-corrected chi connectivity index (χ3v) is 3.54. The van der Waals surface area contributed by atoms with Crippen LogP contribution in [0.25, 0.3) is 0 Å². The molecular weight excluding hydrogens is 316 g/mol. The number of hydrogen-bond donors (Lipinski definition) is 1. The number of benzene rings is 1. The minimum absolute atomic E-state index is 0.239. The summed E-state index contributed by atoms with van der Waals surface area (Å²) in [6, 6.07) is 7.16. The lowest BCUT2D eigenvalue weighted by molar-refractivity contribution is 0.301. The molecule has 1 aromatic heterocycles. The van der Waals surface area contributed by atoms with Crippen molar-refractivity contribution in [2.75, 3.05) is 12.8 Å². The van der Waals surface area contributed by atoms with Gasteiger partial charge in [-0.3, -0.25) is 4.68 Å². The van der Waals surface area contributed by atoms with E-state index in [1.807, 2.05) is 12.1 Å². The molecule has 0 aliphatic heterocycles. The van der Waals surface area contributed by atoms with Crippen molar-refractivity contribution in [2.24, 2.45) is 0 Å². The highest BCUT2D eigenvalue weighted by Gasteiger charge is 2.05. The Morgan fingerprint density at radius 1 is 1.38 bits per heavy atom. The van der Waals surface area contributed by atoms with Gasteiger partial charge >= 0.3 is 0 Å². The molecule has 0 aliphatic carbocycles. The molecule has 0 radical (unpaired) electrons. The van der Waals surface area contributed by atoms with E-state index >= 15 is 0 Å². The van der Waals surface area contributed by atoms with Crippen LogP contribution in [0.3, 0.4) is 0 Å². The number of para-hydroxylation sites is 1. The van der Waals surface area contributed by atoms with Gasteiger partial charge in [0.2, 0.25) is 10.0 Å². The molecule has 114 valence electrons. The summed E-state index contributed by atoms with van der Waals surface area (Å²) in [5, 5.41) is 8.36. The number of rotatable bonds is 7. The molecule has 0 saturated heterocycles. The monoisotopic (exact) mass is 330 g/mol. The standard InChI is InChI=1S/C12H15ClN4O3S/c1-21(18,19)14-6-7-17-8-10(15-16-17)9-20-12-5-3-2-4-11(12)13/h2-5,8,14H,6-7,9H2,1H3. The summed E-state index contributed by atoms with van der Waals surface area (Å²) < 4.78 is 31.3. The summed E-state index contributed by atoms with van der Waals surface area (Å²) in [4.78, 5) is 0. The van der Waals surface area contributed by atoms with Gasteiger partial charge in [-0.1, -0.05) is 28.9 Å². The molecule has 21 heavy (non-hydrogen) atoms. The fraction of sp³-hybridized carbons (Fsp3) is 0.333. The SMILES string of the molecule is CS(=O)(=O)NCCn1cc(COc2ccccc2Cl)nn1. The van der Waals surface area contributed by atoms with E-state index in [1.165, 1.54) is 0 Å². The first kappa shape index (κ1) is 15.7. The molecule has 0 atom stereocenters. The predicted molar refractivity (Wildman–Crippen MR) is 78.7 cm³/mol. The highest BCUT2D eigenvalue weighted by molar-refractivity contribution is 7.88. The number of aromatic nitrogens is 3. The van der Waals surface area contributed by atoms with Crippen molar-refractivity contribution in [3.63, 3.8) is 0 Å². The third-order valence-electron chi connectivity index (χ3n) is 2.50. The van der Waals surface area contributed by atoms with E-state index < -0.39 is 10.0 Å². The van der Waals surface area contributed by atoms with E-state index in [4.69, 9.17) is 16.3 Å². The summed E-state index contributed by atoms with van der Waals surface area (Å²) in [5.74, 6) is 0.576. The van der Waals surface area contributed by atoms with E-state index in [2.05, 4.69) is 15.0 Å². The second-order valence-electron chi connectivity index (χ2n) is 4.36. The summed E-state index contributed by atoms with van der Waals surface area (Å²) in [6.07, 6.45) is 2.80. The van der Waals surface area contributed by atoms with Crippen LogP contribution in [0.5, 0.6) is 5.75 Å². The van der Waals surface area contributed by atoms with Crippen LogP contribution in [0.15, 0.2) is 30.5 Å². The molecule has 2 aromatic rings. The maximum absolute atomic E-state index is 10.9. The van der Waals surface area contributed by atoms with E-state index in [-0.39, 0.29) is 13.2 Å². The summed E-state index contributed by atoms with van der Waals surface area (Å²) >= 11 is 5.98. The van der Waals surface area contributed by atoms with Crippen molar-refractivity contribution < 1.29 is 13.2 Å². The first-order chi connectivity index (χ1) is 9.94. The molecule has 1 N–H and O–H groups in total. The van der Waals surface area contributed by atoms with Crippen LogP contribution in [-0.2, 0) is 23.2 Å². The summed E-state index contributed by atoms with van der Waals surface area (Å²) in [6.45, 7) is 0.891. The maximum Gasteiger partial charge on any atom is 0.208 e. The molecule has 0 spiro atoms. The summed E-state index contributed by atoms with van der Waals surface area (Å²) in [5.41, 5.74) is 0.634. The van der Waals surface area contributed by atoms with Gasteiger partial charge in [0.05, 0.1) is 24.0 Å². The van der Waals surface area contributed by atoms with E-state index in [1.54, 1.807) is 23.0 Å². The van der Waals surface area contributed by atoms with Crippen LogP contribution < -0.4 is 9.46 Å². The smallest absolute Gasteiger partial charge is 0.208 e. The zero-order valence-corrected chi connectivity index (χ0v) is 12.9. The average molecular weight is 331 g/mol. The van der Waals surface area contributed by atoms with Crippen molar-refractivity contribution in [1.29, 1.82) is 0 Å². The Hall–Kier alpha value is -1.64. The number of sulfonamides is 1. The molecule has 0 fully saturated rings. The molecule has 0 bridgehead atoms. The van der Waals surface area contributed by atoms with Gasteiger partial charge in [0.25, 0.3) is 0 Å². The lowest BCUT2D eigenvalue weighted by atomic mass is 10.3. The zero-order chi connectivity index (χ0) is 15.3. The van der Waals surface area contributed by atoms with Gasteiger partial charge in [-0.15, -0.1) is 5.10 Å². The number of halogens is 1. The summed E-state index contributed by atoms with van der Waals surface area (Å²) in [7, 11) is -3.19. The van der Waals surface area contributed by atoms with Crippen LogP contribution >= 0.6 is 11.6 Å². The lowest BCUT2D eigenvalue weighted by Crippen LogP contribution is -2.26. The Morgan fingerprint density at radius 2 is 2.14 bits per heavy atom. The zero-order valence-electron chi connectivity index (χ0n) is 11.4. The molecule has 2 rings (SSSR count). The van der Waals surface area contributed by atoms with Crippen LogP contribution in [0.4, 0.5) is 0 Å². The van der Waals surface area contributed by atoms with E-state index in [9.17, 15) is 8.42 Å². The maximum atomic E-state index is 10.9. The van der Waals surface area contributed by atoms with Gasteiger partial charge < -0.3 is 4.74 Å². The molecule has 7 nitrogen and oxygen atoms in total. The quantitative estimate of drug-likeness (QED) is 0.820. The van der Waals surface area contributed by atoms with Crippen molar-refractivity contribution in [2.45, 2.75) is 13.2 Å². The number of ether oxygens (including phenoxy) is 1. The van der Waals surface area contributed by atoms with Crippen LogP contribution in [0, 0.1) is 0 Å². The van der Waals surface area contributed by atoms with E-state index in [0.717, 1.165) is 6.26 Å². The van der Waals surface area contributed by atoms with Crippen LogP contribution in [0.1, 0.15) is 5.69 Å². The molecule has 9 heteroatoms. The predicted octanol–water partition coefficient (Wildman–Crippen LogP) is 1.06. The fourth-order valence-electron chi connectivity index (χ4n) is 1.57. The third kappa shape index (κ3) is 5.33. The topological polar surface area (TPSA) is 86.1 Å². The Balaban J connectivity index is 1.84.